The maximum absolute atomic E-state index is 14.0. The Hall–Kier alpha value is -5.49. The zero-order valence-electron chi connectivity index (χ0n) is 38.3. The summed E-state index contributed by atoms with van der Waals surface area (Å²) in [6, 6.07) is 7.63. The lowest BCUT2D eigenvalue weighted by atomic mass is 9.86. The Kier molecular flexibility index (Phi) is 18.8. The molecule has 2 aromatic carbocycles. The lowest BCUT2D eigenvalue weighted by Crippen LogP contribution is -2.65. The Morgan fingerprint density at radius 2 is 1.37 bits per heavy atom. The Labute approximate surface area is 404 Å². The number of aliphatic hydroxyl groups is 8. The van der Waals surface area contributed by atoms with Gasteiger partial charge in [0.1, 0.15) is 67.6 Å². The standard InChI is InChI=1S/C46H58O25/c1-4-22-23(24(42(61)62-3)17-65-43(22)71-46-38(59)36(57)34(55)29(16-47)67-46)15-32(53)64-18-30-40(69-31(52)10-7-20-5-8-25(48)27(50)13-20)41(70-45-37(58)35(56)33(54)19(2)66-45)39(60)44(68-30)63-12-11-21-6-9-26(49)28(51)14-21/h4-10,13-14,17,19,23,29-30,33-41,43-51,54-60H,11-12,15-16,18H2,1-3H3/t19-,23-,29+,30+,33-,34+,35+,36-,37+,38+,39+,40+,41+,43-,44+,45-,46-/m0/s1. The number of carbonyl (C=O) groups is 3. The predicted molar refractivity (Wildman–Crippen MR) is 233 cm³/mol. The molecule has 4 aliphatic heterocycles. The summed E-state index contributed by atoms with van der Waals surface area (Å²) in [5, 5.41) is 124. The van der Waals surface area contributed by atoms with Gasteiger partial charge in [0, 0.05) is 17.6 Å². The first kappa shape index (κ1) is 54.8. The molecular formula is C46H58O25. The SMILES string of the molecule is CC=C1[C@H](O[C@@H]2O[C@H](CO)[C@@H](O)[C@H](O)[C@H]2O)OC=C(C(=O)OC)[C@H]1CC(=O)OC[C@H]1O[C@@H](OCCc2ccc(O)c(O)c2)[C@H](O)[C@@H](O[C@@H]2O[C@@H](C)[C@H](O)[C@@H](O)[C@H]2O)[C@@H]1OC(=O)C=Cc1ccc(O)c(O)c1. The third-order valence-corrected chi connectivity index (χ3v) is 12.1. The Bertz CT molecular complexity index is 2250. The summed E-state index contributed by atoms with van der Waals surface area (Å²) < 4.78 is 57.0. The molecule has 25 nitrogen and oxygen atoms in total. The van der Waals surface area contributed by atoms with E-state index >= 15 is 0 Å². The largest absolute Gasteiger partial charge is 0.504 e. The minimum absolute atomic E-state index is 0.0587. The van der Waals surface area contributed by atoms with Crippen LogP contribution in [0.1, 0.15) is 31.4 Å². The maximum atomic E-state index is 14.0. The molecule has 392 valence electrons. The number of aliphatic hydroxyl groups excluding tert-OH is 8. The van der Waals surface area contributed by atoms with E-state index in [9.17, 15) is 75.7 Å². The van der Waals surface area contributed by atoms with Crippen molar-refractivity contribution in [2.75, 3.05) is 26.9 Å². The van der Waals surface area contributed by atoms with Gasteiger partial charge in [0.2, 0.25) is 6.29 Å². The first-order valence-electron chi connectivity index (χ1n) is 22.2. The Balaban J connectivity index is 1.28. The number of benzene rings is 2. The Morgan fingerprint density at radius 1 is 0.718 bits per heavy atom. The molecule has 6 rings (SSSR count). The van der Waals surface area contributed by atoms with Crippen LogP contribution in [0.3, 0.4) is 0 Å². The van der Waals surface area contributed by atoms with Crippen LogP contribution < -0.4 is 0 Å². The molecule has 17 atom stereocenters. The average molecular weight is 1010 g/mol. The molecular weight excluding hydrogens is 952 g/mol. The second kappa shape index (κ2) is 24.3. The van der Waals surface area contributed by atoms with Gasteiger partial charge in [-0.15, -0.1) is 0 Å². The zero-order valence-corrected chi connectivity index (χ0v) is 38.3. The highest BCUT2D eigenvalue weighted by molar-refractivity contribution is 5.91. The number of hydrogen-bond donors (Lipinski definition) is 12. The number of allylic oxidation sites excluding steroid dienone is 1. The summed E-state index contributed by atoms with van der Waals surface area (Å²) in [5.41, 5.74) is 0.566. The van der Waals surface area contributed by atoms with Crippen LogP contribution in [0.4, 0.5) is 0 Å². The van der Waals surface area contributed by atoms with Crippen molar-refractivity contribution in [3.05, 3.63) is 77.1 Å². The second-order valence-corrected chi connectivity index (χ2v) is 16.8. The van der Waals surface area contributed by atoms with Gasteiger partial charge in [-0.3, -0.25) is 4.79 Å². The Morgan fingerprint density at radius 3 is 2.01 bits per heavy atom. The van der Waals surface area contributed by atoms with Crippen LogP contribution in [-0.4, -0.2) is 205 Å². The van der Waals surface area contributed by atoms with Crippen molar-refractivity contribution in [2.24, 2.45) is 5.92 Å². The van der Waals surface area contributed by atoms with Crippen molar-refractivity contribution in [2.45, 2.75) is 125 Å². The van der Waals surface area contributed by atoms with E-state index in [1.54, 1.807) is 0 Å². The summed E-state index contributed by atoms with van der Waals surface area (Å²) in [7, 11) is 1.07. The topological polar surface area (TPSA) is 386 Å². The number of esters is 3. The van der Waals surface area contributed by atoms with E-state index in [1.165, 1.54) is 50.3 Å². The van der Waals surface area contributed by atoms with E-state index < -0.39 is 159 Å². The van der Waals surface area contributed by atoms with Crippen LogP contribution in [0.15, 0.2) is 66.0 Å². The van der Waals surface area contributed by atoms with E-state index in [0.29, 0.717) is 5.56 Å². The van der Waals surface area contributed by atoms with Gasteiger partial charge in [0.25, 0.3) is 0 Å². The summed E-state index contributed by atoms with van der Waals surface area (Å²) in [4.78, 5) is 40.6. The molecule has 12 N–H and O–H groups in total. The van der Waals surface area contributed by atoms with E-state index in [2.05, 4.69) is 0 Å². The van der Waals surface area contributed by atoms with E-state index in [4.69, 9.17) is 47.4 Å². The van der Waals surface area contributed by atoms with Gasteiger partial charge in [-0.2, -0.15) is 0 Å². The summed E-state index contributed by atoms with van der Waals surface area (Å²) in [6.07, 6.45) is -23.3. The fourth-order valence-corrected chi connectivity index (χ4v) is 8.07. The molecule has 0 amide bonds. The van der Waals surface area contributed by atoms with E-state index in [1.807, 2.05) is 0 Å². The monoisotopic (exact) mass is 1010 g/mol. The van der Waals surface area contributed by atoms with Crippen molar-refractivity contribution in [3.63, 3.8) is 0 Å². The molecule has 0 radical (unpaired) electrons. The van der Waals surface area contributed by atoms with Gasteiger partial charge < -0.3 is 109 Å². The third-order valence-electron chi connectivity index (χ3n) is 12.1. The second-order valence-electron chi connectivity index (χ2n) is 16.8. The molecule has 2 aromatic rings. The minimum atomic E-state index is -1.95. The van der Waals surface area contributed by atoms with Gasteiger partial charge in [0.15, 0.2) is 48.0 Å². The van der Waals surface area contributed by atoms with Crippen molar-refractivity contribution >= 4 is 24.0 Å². The fraction of sp³-hybridized carbons (Fsp3) is 0.543. The lowest BCUT2D eigenvalue weighted by molar-refractivity contribution is -0.357. The molecule has 4 aliphatic rings. The van der Waals surface area contributed by atoms with Crippen LogP contribution in [0, 0.1) is 5.92 Å². The van der Waals surface area contributed by atoms with E-state index in [-0.39, 0.29) is 35.5 Å². The van der Waals surface area contributed by atoms with Crippen LogP contribution in [0.25, 0.3) is 6.08 Å². The van der Waals surface area contributed by atoms with Crippen molar-refractivity contribution in [1.82, 2.24) is 0 Å². The van der Waals surface area contributed by atoms with Crippen LogP contribution in [-0.2, 0) is 68.2 Å². The highest BCUT2D eigenvalue weighted by Gasteiger charge is 2.53. The summed E-state index contributed by atoms with van der Waals surface area (Å²) in [5.74, 6) is -6.12. The normalized spacial score (nSPS) is 34.8. The van der Waals surface area contributed by atoms with Crippen molar-refractivity contribution < 1.29 is 123 Å². The van der Waals surface area contributed by atoms with Gasteiger partial charge >= 0.3 is 17.9 Å². The van der Waals surface area contributed by atoms with Crippen LogP contribution >= 0.6 is 0 Å². The van der Waals surface area contributed by atoms with Crippen LogP contribution in [0.2, 0.25) is 0 Å². The highest BCUT2D eigenvalue weighted by Crippen LogP contribution is 2.38. The third kappa shape index (κ3) is 13.0. The first-order chi connectivity index (χ1) is 33.8. The number of phenols is 4. The van der Waals surface area contributed by atoms with Gasteiger partial charge in [-0.05, 0) is 61.7 Å². The van der Waals surface area contributed by atoms with Crippen molar-refractivity contribution in [3.8, 4) is 23.0 Å². The lowest BCUT2D eigenvalue weighted by Gasteiger charge is -2.46. The first-order valence-corrected chi connectivity index (χ1v) is 22.2. The maximum Gasteiger partial charge on any atom is 0.337 e. The molecule has 0 unspecified atom stereocenters. The molecule has 0 aliphatic carbocycles. The smallest absolute Gasteiger partial charge is 0.337 e. The number of phenolic OH excluding ortho intramolecular Hbond substituents is 4. The quantitative estimate of drug-likeness (QED) is 0.0261. The number of hydrogen-bond acceptors (Lipinski definition) is 25. The molecule has 4 heterocycles. The highest BCUT2D eigenvalue weighted by atomic mass is 16.8. The van der Waals surface area contributed by atoms with Crippen LogP contribution in [0.5, 0.6) is 23.0 Å². The predicted octanol–water partition coefficient (Wildman–Crippen LogP) is -2.28. The summed E-state index contributed by atoms with van der Waals surface area (Å²) in [6.45, 7) is 1.02. The number of rotatable bonds is 17. The molecule has 3 saturated heterocycles. The minimum Gasteiger partial charge on any atom is -0.504 e. The summed E-state index contributed by atoms with van der Waals surface area (Å²) >= 11 is 0. The van der Waals surface area contributed by atoms with Gasteiger partial charge in [-0.25, -0.2) is 9.59 Å². The molecule has 71 heavy (non-hydrogen) atoms. The number of carbonyl (C=O) groups excluding carboxylic acids is 3. The molecule has 25 heteroatoms. The molecule has 0 spiro atoms. The number of aromatic hydroxyl groups is 4. The zero-order chi connectivity index (χ0) is 51.8. The molecule has 3 fully saturated rings. The van der Waals surface area contributed by atoms with Crippen molar-refractivity contribution in [1.29, 1.82) is 0 Å². The fourth-order valence-electron chi connectivity index (χ4n) is 8.07. The number of ether oxygens (including phenoxy) is 10. The molecule has 0 aromatic heterocycles. The number of methoxy groups -OCH3 is 1. The van der Waals surface area contributed by atoms with E-state index in [0.717, 1.165) is 31.6 Å². The molecule has 0 saturated carbocycles. The molecule has 0 bridgehead atoms. The average Bonchev–Trinajstić information content (AvgIpc) is 3.35. The van der Waals surface area contributed by atoms with Gasteiger partial charge in [0.05, 0.1) is 44.7 Å². The van der Waals surface area contributed by atoms with Gasteiger partial charge in [-0.1, -0.05) is 18.2 Å².